The number of fused-ring (bicyclic) bond motifs is 3. The Morgan fingerprint density at radius 1 is 1.18 bits per heavy atom. The van der Waals surface area contributed by atoms with Gasteiger partial charge in [0.25, 0.3) is 0 Å². The van der Waals surface area contributed by atoms with Crippen LogP contribution in [0.5, 0.6) is 11.5 Å². The summed E-state index contributed by atoms with van der Waals surface area (Å²) in [4.78, 5) is 16.2. The monoisotopic (exact) mass is 592 g/mol. The molecule has 1 aliphatic heterocycles. The molecule has 2 atom stereocenters. The quantitative estimate of drug-likeness (QED) is 0.257. The first-order valence-corrected chi connectivity index (χ1v) is 13.5. The molecular weight excluding hydrogens is 569 g/mol. The van der Waals surface area contributed by atoms with Crippen LogP contribution in [0.25, 0.3) is 5.69 Å². The fourth-order valence-electron chi connectivity index (χ4n) is 5.16. The number of alkyl halides is 3. The minimum atomic E-state index is -4.76. The predicted molar refractivity (Wildman–Crippen MR) is 142 cm³/mol. The molecule has 0 radical (unpaired) electrons. The van der Waals surface area contributed by atoms with Crippen molar-refractivity contribution >= 4 is 28.9 Å². The Bertz CT molecular complexity index is 1560. The number of thiazole rings is 1. The van der Waals surface area contributed by atoms with Crippen LogP contribution in [0.3, 0.4) is 0 Å². The van der Waals surface area contributed by atoms with Gasteiger partial charge in [0.2, 0.25) is 5.82 Å². The average Bonchev–Trinajstić information content (AvgIpc) is 3.54. The van der Waals surface area contributed by atoms with Crippen molar-refractivity contribution in [3.05, 3.63) is 80.3 Å². The summed E-state index contributed by atoms with van der Waals surface area (Å²) in [6.07, 6.45) is -2.25. The number of carboxylic acid groups (broad SMARTS) is 1. The number of methoxy groups -OCH3 is 2. The maximum absolute atomic E-state index is 14.2. The van der Waals surface area contributed by atoms with Crippen LogP contribution in [0.15, 0.2) is 42.6 Å². The zero-order valence-corrected chi connectivity index (χ0v) is 23.0. The molecule has 13 heteroatoms. The number of carboxylic acids is 1. The highest BCUT2D eigenvalue weighted by atomic mass is 35.5. The molecule has 8 nitrogen and oxygen atoms in total. The number of carbonyl (C=O) groups is 1. The number of aromatic nitrogens is 4. The molecule has 0 aliphatic carbocycles. The second kappa shape index (κ2) is 11.1. The Kier molecular flexibility index (Phi) is 7.74. The maximum Gasteiger partial charge on any atom is 0.452 e. The summed E-state index contributed by atoms with van der Waals surface area (Å²) in [6.45, 7) is 0. The molecule has 0 amide bonds. The Hall–Kier alpha value is -3.64. The zero-order valence-electron chi connectivity index (χ0n) is 21.4. The Balaban J connectivity index is 1.68. The normalized spacial score (nSPS) is 16.6. The average molecular weight is 593 g/mol. The molecule has 0 spiro atoms. The molecule has 2 aromatic heterocycles. The molecule has 210 valence electrons. The fraction of sp³-hybridized carbons (Fsp3) is 0.333. The van der Waals surface area contributed by atoms with Crippen LogP contribution in [0.2, 0.25) is 5.02 Å². The van der Waals surface area contributed by atoms with Gasteiger partial charge in [-0.2, -0.15) is 13.2 Å². The molecule has 0 fully saturated rings. The summed E-state index contributed by atoms with van der Waals surface area (Å²) < 4.78 is 54.9. The molecule has 5 rings (SSSR count). The van der Waals surface area contributed by atoms with Gasteiger partial charge in [0.05, 0.1) is 31.3 Å². The second-order valence-corrected chi connectivity index (χ2v) is 10.9. The molecule has 1 aliphatic rings. The van der Waals surface area contributed by atoms with Crippen molar-refractivity contribution in [2.45, 2.75) is 43.7 Å². The highest BCUT2D eigenvalue weighted by molar-refractivity contribution is 7.11. The molecule has 2 aromatic carbocycles. The number of halogens is 4. The van der Waals surface area contributed by atoms with Crippen molar-refractivity contribution < 1.29 is 32.5 Å². The lowest BCUT2D eigenvalue weighted by Gasteiger charge is -2.24. The van der Waals surface area contributed by atoms with Crippen LogP contribution in [-0.4, -0.2) is 45.0 Å². The highest BCUT2D eigenvalue weighted by Gasteiger charge is 2.43. The summed E-state index contributed by atoms with van der Waals surface area (Å²) >= 11 is 7.74. The number of aryl methyl sites for hydroxylation is 1. The van der Waals surface area contributed by atoms with E-state index >= 15 is 0 Å². The van der Waals surface area contributed by atoms with Crippen molar-refractivity contribution in [3.63, 3.8) is 0 Å². The van der Waals surface area contributed by atoms with Crippen LogP contribution in [0, 0.1) is 0 Å². The van der Waals surface area contributed by atoms with Crippen LogP contribution < -0.4 is 9.47 Å². The van der Waals surface area contributed by atoms with Crippen LogP contribution >= 0.6 is 22.9 Å². The van der Waals surface area contributed by atoms with E-state index in [0.717, 1.165) is 15.0 Å². The third kappa shape index (κ3) is 5.37. The van der Waals surface area contributed by atoms with E-state index in [2.05, 4.69) is 15.2 Å². The summed E-state index contributed by atoms with van der Waals surface area (Å²) in [5, 5.41) is 17.7. The summed E-state index contributed by atoms with van der Waals surface area (Å²) in [6, 6.07) is 10.2. The second-order valence-electron chi connectivity index (χ2n) is 9.30. The van der Waals surface area contributed by atoms with E-state index in [4.69, 9.17) is 26.2 Å². The molecule has 0 saturated heterocycles. The number of hydrogen-bond acceptors (Lipinski definition) is 7. The minimum absolute atomic E-state index is 0.0396. The smallest absolute Gasteiger partial charge is 0.452 e. The molecule has 4 aromatic rings. The third-order valence-electron chi connectivity index (χ3n) is 6.85. The maximum atomic E-state index is 14.2. The van der Waals surface area contributed by atoms with E-state index in [-0.39, 0.29) is 24.4 Å². The SMILES string of the molecule is COc1cccc(C2C[C@H](Cc3ncc(CCC(=O)O)s3)c3nnc(C(F)(F)F)n3-c3ccc(Cl)cc32)c1OC. The summed E-state index contributed by atoms with van der Waals surface area (Å²) in [5.41, 5.74) is 1.56. The van der Waals surface area contributed by atoms with Gasteiger partial charge < -0.3 is 14.6 Å². The van der Waals surface area contributed by atoms with Crippen LogP contribution in [0.4, 0.5) is 13.2 Å². The zero-order chi connectivity index (χ0) is 28.6. The Labute approximate surface area is 236 Å². The first-order chi connectivity index (χ1) is 19.1. The van der Waals surface area contributed by atoms with Crippen LogP contribution in [-0.2, 0) is 23.8 Å². The van der Waals surface area contributed by atoms with E-state index in [1.165, 1.54) is 25.6 Å². The lowest BCUT2D eigenvalue weighted by molar-refractivity contribution is -0.146. The number of ether oxygens (including phenoxy) is 2. The highest BCUT2D eigenvalue weighted by Crippen LogP contribution is 2.49. The van der Waals surface area contributed by atoms with Gasteiger partial charge in [-0.3, -0.25) is 9.36 Å². The number of rotatable bonds is 8. The Morgan fingerprint density at radius 2 is 1.98 bits per heavy atom. The molecule has 0 saturated carbocycles. The lowest BCUT2D eigenvalue weighted by Crippen LogP contribution is -2.16. The number of nitrogens with zero attached hydrogens (tertiary/aromatic N) is 4. The first kappa shape index (κ1) is 27.9. The molecule has 1 unspecified atom stereocenters. The summed E-state index contributed by atoms with van der Waals surface area (Å²) in [7, 11) is 3.03. The summed E-state index contributed by atoms with van der Waals surface area (Å²) in [5.74, 6) is -1.91. The molecular formula is C27H24ClF3N4O4S. The van der Waals surface area contributed by atoms with E-state index in [9.17, 15) is 18.0 Å². The standard InChI is InChI=1S/C27H24ClF3N4O4S/c1-38-21-5-3-4-17(24(21)39-2)18-10-14(11-22-32-13-16(40-22)7-9-23(36)37)25-33-34-26(27(29,30)31)35(25)20-8-6-15(28)12-19(18)20/h3-6,8,12-14,18H,7,9-11H2,1-2H3,(H,36,37)/t14-,18?/m1/s1. The van der Waals surface area contributed by atoms with E-state index in [1.54, 1.807) is 36.5 Å². The van der Waals surface area contributed by atoms with Gasteiger partial charge in [-0.15, -0.1) is 21.5 Å². The van der Waals surface area contributed by atoms with Crippen molar-refractivity contribution in [2.75, 3.05) is 14.2 Å². The minimum Gasteiger partial charge on any atom is -0.493 e. The topological polar surface area (TPSA) is 99.4 Å². The number of para-hydroxylation sites is 1. The van der Waals surface area contributed by atoms with Crippen molar-refractivity contribution in [1.29, 1.82) is 0 Å². The van der Waals surface area contributed by atoms with Gasteiger partial charge in [-0.25, -0.2) is 4.98 Å². The van der Waals surface area contributed by atoms with Crippen molar-refractivity contribution in [2.24, 2.45) is 0 Å². The molecule has 3 heterocycles. The third-order valence-corrected chi connectivity index (χ3v) is 8.16. The molecule has 40 heavy (non-hydrogen) atoms. The van der Waals surface area contributed by atoms with Crippen LogP contribution in [0.1, 0.15) is 57.3 Å². The van der Waals surface area contributed by atoms with Gasteiger partial charge in [-0.1, -0.05) is 23.7 Å². The fourth-order valence-corrected chi connectivity index (χ4v) is 6.34. The van der Waals surface area contributed by atoms with Gasteiger partial charge >= 0.3 is 12.1 Å². The predicted octanol–water partition coefficient (Wildman–Crippen LogP) is 6.29. The Morgan fingerprint density at radius 3 is 2.67 bits per heavy atom. The van der Waals surface area contributed by atoms with Gasteiger partial charge in [-0.05, 0) is 42.7 Å². The van der Waals surface area contributed by atoms with Crippen molar-refractivity contribution in [3.8, 4) is 17.2 Å². The van der Waals surface area contributed by atoms with E-state index < -0.39 is 29.8 Å². The van der Waals surface area contributed by atoms with E-state index in [0.29, 0.717) is 39.9 Å². The lowest BCUT2D eigenvalue weighted by atomic mass is 9.82. The first-order valence-electron chi connectivity index (χ1n) is 12.3. The van der Waals surface area contributed by atoms with Crippen molar-refractivity contribution in [1.82, 2.24) is 19.7 Å². The number of aliphatic carboxylic acids is 1. The van der Waals surface area contributed by atoms with Gasteiger partial charge in [0, 0.05) is 39.9 Å². The molecule has 1 N–H and O–H groups in total. The largest absolute Gasteiger partial charge is 0.493 e. The van der Waals surface area contributed by atoms with Gasteiger partial charge in [0.1, 0.15) is 5.82 Å². The molecule has 0 bridgehead atoms. The van der Waals surface area contributed by atoms with E-state index in [1.807, 2.05) is 6.07 Å². The number of hydrogen-bond donors (Lipinski definition) is 1. The number of benzene rings is 2. The van der Waals surface area contributed by atoms with Gasteiger partial charge in [0.15, 0.2) is 11.5 Å².